The van der Waals surface area contributed by atoms with Crippen molar-refractivity contribution in [1.29, 1.82) is 0 Å². The molecule has 0 fully saturated rings. The first-order valence-corrected chi connectivity index (χ1v) is 5.18. The normalized spacial score (nSPS) is 13.8. The lowest BCUT2D eigenvalue weighted by Gasteiger charge is -2.15. The lowest BCUT2D eigenvalue weighted by atomic mass is 10.1. The minimum absolute atomic E-state index is 0.129. The molecule has 1 aromatic heterocycles. The van der Waals surface area contributed by atoms with Crippen molar-refractivity contribution in [3.8, 4) is 0 Å². The summed E-state index contributed by atoms with van der Waals surface area (Å²) in [5.74, 6) is 0. The fourth-order valence-electron chi connectivity index (χ4n) is 1.26. The average Bonchev–Trinajstić information content (AvgIpc) is 2.16. The van der Waals surface area contributed by atoms with E-state index in [2.05, 4.69) is 10.3 Å². The first-order valence-electron chi connectivity index (χ1n) is 4.80. The number of aromatic nitrogens is 1. The summed E-state index contributed by atoms with van der Waals surface area (Å²) in [5, 5.41) is 3.07. The molecule has 0 aliphatic heterocycles. The summed E-state index contributed by atoms with van der Waals surface area (Å²) in [6.07, 6.45) is -3.45. The summed E-state index contributed by atoms with van der Waals surface area (Å²) >= 11 is 5.81. The molecular weight excluding hydrogens is 241 g/mol. The molecule has 1 unspecified atom stereocenters. The van der Waals surface area contributed by atoms with Crippen LogP contribution in [-0.4, -0.2) is 17.7 Å². The Morgan fingerprint density at radius 1 is 1.50 bits per heavy atom. The Bertz CT molecular complexity index is 341. The van der Waals surface area contributed by atoms with Crippen molar-refractivity contribution in [3.05, 3.63) is 29.0 Å². The van der Waals surface area contributed by atoms with Crippen LogP contribution in [-0.2, 0) is 0 Å². The molecule has 16 heavy (non-hydrogen) atoms. The Kier molecular flexibility index (Phi) is 4.56. The van der Waals surface area contributed by atoms with Crippen LogP contribution in [0.5, 0.6) is 0 Å². The van der Waals surface area contributed by atoms with Gasteiger partial charge in [0.15, 0.2) is 0 Å². The fraction of sp³-hybridized carbons (Fsp3) is 0.500. The Morgan fingerprint density at radius 2 is 2.19 bits per heavy atom. The van der Waals surface area contributed by atoms with Gasteiger partial charge in [-0.2, -0.15) is 13.2 Å². The van der Waals surface area contributed by atoms with Gasteiger partial charge in [0, 0.05) is 24.3 Å². The van der Waals surface area contributed by atoms with Gasteiger partial charge < -0.3 is 5.32 Å². The molecular formula is C10H12ClF3N2. The number of nitrogens with one attached hydrogen (secondary N) is 1. The summed E-state index contributed by atoms with van der Waals surface area (Å²) in [6, 6.07) is 3.19. The molecule has 90 valence electrons. The first-order chi connectivity index (χ1) is 7.40. The van der Waals surface area contributed by atoms with E-state index in [1.54, 1.807) is 19.1 Å². The number of hydrogen-bond acceptors (Lipinski definition) is 2. The molecule has 1 heterocycles. The van der Waals surface area contributed by atoms with Crippen LogP contribution in [0.3, 0.4) is 0 Å². The molecule has 0 aliphatic carbocycles. The van der Waals surface area contributed by atoms with Gasteiger partial charge in [0.25, 0.3) is 0 Å². The third-order valence-corrected chi connectivity index (χ3v) is 2.43. The lowest BCUT2D eigenvalue weighted by Crippen LogP contribution is -2.24. The number of rotatable bonds is 4. The van der Waals surface area contributed by atoms with Crippen molar-refractivity contribution in [1.82, 2.24) is 10.3 Å². The summed E-state index contributed by atoms with van der Waals surface area (Å²) < 4.78 is 35.7. The molecule has 0 aliphatic rings. The predicted molar refractivity (Wildman–Crippen MR) is 56.3 cm³/mol. The van der Waals surface area contributed by atoms with Crippen molar-refractivity contribution in [2.75, 3.05) is 6.54 Å². The largest absolute Gasteiger partial charge is 0.390 e. The van der Waals surface area contributed by atoms with Gasteiger partial charge in [-0.1, -0.05) is 17.7 Å². The molecule has 0 aromatic carbocycles. The molecule has 6 heteroatoms. The minimum Gasteiger partial charge on any atom is -0.310 e. The van der Waals surface area contributed by atoms with Crippen molar-refractivity contribution in [2.45, 2.75) is 25.6 Å². The van der Waals surface area contributed by atoms with Crippen molar-refractivity contribution in [2.24, 2.45) is 0 Å². The SMILES string of the molecule is CC(NCCC(F)(F)F)c1cccnc1Cl. The summed E-state index contributed by atoms with van der Waals surface area (Å²) in [4.78, 5) is 3.86. The van der Waals surface area contributed by atoms with Crippen molar-refractivity contribution < 1.29 is 13.2 Å². The highest BCUT2D eigenvalue weighted by Crippen LogP contribution is 2.22. The van der Waals surface area contributed by atoms with E-state index in [0.29, 0.717) is 10.7 Å². The molecule has 1 rings (SSSR count). The van der Waals surface area contributed by atoms with Crippen LogP contribution in [0.15, 0.2) is 18.3 Å². The van der Waals surface area contributed by atoms with E-state index in [9.17, 15) is 13.2 Å². The predicted octanol–water partition coefficient (Wildman–Crippen LogP) is 3.34. The standard InChI is InChI=1S/C10H12ClF3N2/c1-7(15-6-4-10(12,13)14)8-3-2-5-16-9(8)11/h2-3,5,7,15H,4,6H2,1H3. The fourth-order valence-corrected chi connectivity index (χ4v) is 1.54. The van der Waals surface area contributed by atoms with Crippen LogP contribution in [0, 0.1) is 0 Å². The second-order valence-corrected chi connectivity index (χ2v) is 3.78. The van der Waals surface area contributed by atoms with E-state index >= 15 is 0 Å². The molecule has 1 aromatic rings. The Labute approximate surface area is 96.8 Å². The molecule has 0 bridgehead atoms. The van der Waals surface area contributed by atoms with E-state index in [0.717, 1.165) is 0 Å². The highest BCUT2D eigenvalue weighted by atomic mass is 35.5. The summed E-state index contributed by atoms with van der Waals surface area (Å²) in [5.41, 5.74) is 0.700. The Balaban J connectivity index is 2.47. The van der Waals surface area contributed by atoms with E-state index in [1.165, 1.54) is 6.20 Å². The van der Waals surface area contributed by atoms with E-state index in [4.69, 9.17) is 11.6 Å². The molecule has 0 radical (unpaired) electrons. The molecule has 1 N–H and O–H groups in total. The third-order valence-electron chi connectivity index (χ3n) is 2.11. The second-order valence-electron chi connectivity index (χ2n) is 3.42. The topological polar surface area (TPSA) is 24.9 Å². The van der Waals surface area contributed by atoms with Gasteiger partial charge in [-0.15, -0.1) is 0 Å². The quantitative estimate of drug-likeness (QED) is 0.832. The number of hydrogen-bond donors (Lipinski definition) is 1. The number of halogens is 4. The Hall–Kier alpha value is -0.810. The minimum atomic E-state index is -4.13. The van der Waals surface area contributed by atoms with Crippen LogP contribution in [0.2, 0.25) is 5.15 Å². The Morgan fingerprint density at radius 3 is 2.75 bits per heavy atom. The van der Waals surface area contributed by atoms with Crippen LogP contribution in [0.4, 0.5) is 13.2 Å². The van der Waals surface area contributed by atoms with Crippen LogP contribution in [0.25, 0.3) is 0 Å². The molecule has 0 amide bonds. The first kappa shape index (κ1) is 13.3. The molecule has 2 nitrogen and oxygen atoms in total. The van der Waals surface area contributed by atoms with E-state index in [1.807, 2.05) is 0 Å². The van der Waals surface area contributed by atoms with Crippen LogP contribution in [0.1, 0.15) is 24.9 Å². The summed E-state index contributed by atoms with van der Waals surface area (Å²) in [7, 11) is 0. The zero-order valence-electron chi connectivity index (χ0n) is 8.68. The second kappa shape index (κ2) is 5.50. The van der Waals surface area contributed by atoms with E-state index < -0.39 is 12.6 Å². The lowest BCUT2D eigenvalue weighted by molar-refractivity contribution is -0.133. The molecule has 1 atom stereocenters. The van der Waals surface area contributed by atoms with Gasteiger partial charge in [-0.3, -0.25) is 0 Å². The molecule has 0 spiro atoms. The van der Waals surface area contributed by atoms with Gasteiger partial charge >= 0.3 is 6.18 Å². The van der Waals surface area contributed by atoms with Gasteiger partial charge in [0.05, 0.1) is 6.42 Å². The third kappa shape index (κ3) is 4.37. The maximum absolute atomic E-state index is 11.9. The maximum atomic E-state index is 11.9. The molecule has 0 saturated carbocycles. The van der Waals surface area contributed by atoms with Gasteiger partial charge in [0.2, 0.25) is 0 Å². The van der Waals surface area contributed by atoms with Crippen LogP contribution >= 0.6 is 11.6 Å². The summed E-state index contributed by atoms with van der Waals surface area (Å²) in [6.45, 7) is 1.62. The maximum Gasteiger partial charge on any atom is 0.390 e. The smallest absolute Gasteiger partial charge is 0.310 e. The monoisotopic (exact) mass is 252 g/mol. The number of nitrogens with zero attached hydrogens (tertiary/aromatic N) is 1. The van der Waals surface area contributed by atoms with Crippen molar-refractivity contribution >= 4 is 11.6 Å². The van der Waals surface area contributed by atoms with Gasteiger partial charge in [-0.05, 0) is 13.0 Å². The van der Waals surface area contributed by atoms with Gasteiger partial charge in [-0.25, -0.2) is 4.98 Å². The van der Waals surface area contributed by atoms with Crippen molar-refractivity contribution in [3.63, 3.8) is 0 Å². The highest BCUT2D eigenvalue weighted by molar-refractivity contribution is 6.30. The number of pyridine rings is 1. The number of alkyl halides is 3. The zero-order valence-corrected chi connectivity index (χ0v) is 9.44. The van der Waals surface area contributed by atoms with Crippen LogP contribution < -0.4 is 5.32 Å². The zero-order chi connectivity index (χ0) is 12.2. The van der Waals surface area contributed by atoms with E-state index in [-0.39, 0.29) is 12.6 Å². The van der Waals surface area contributed by atoms with Gasteiger partial charge in [0.1, 0.15) is 5.15 Å². The molecule has 0 saturated heterocycles. The highest BCUT2D eigenvalue weighted by Gasteiger charge is 2.26. The average molecular weight is 253 g/mol.